The number of carbonyl (C=O) groups is 2. The van der Waals surface area contributed by atoms with E-state index in [-0.39, 0.29) is 18.0 Å². The van der Waals surface area contributed by atoms with Gasteiger partial charge in [-0.1, -0.05) is 18.2 Å². The van der Waals surface area contributed by atoms with E-state index in [2.05, 4.69) is 16.0 Å². The third kappa shape index (κ3) is 4.85. The molecule has 0 saturated heterocycles. The number of carbonyl (C=O) groups excluding carboxylic acids is 2. The molecule has 3 N–H and O–H groups in total. The summed E-state index contributed by atoms with van der Waals surface area (Å²) in [7, 11) is 0. The van der Waals surface area contributed by atoms with Gasteiger partial charge < -0.3 is 16.0 Å². The standard InChI is InChI=1S/C18H21N3O2/c1-12(2)19-17(22)14-8-10-15(11-9-14)20-18(23)21-16-7-5-4-6-13(16)3/h4-12H,1-3H3,(H,19,22)(H2,20,21,23). The lowest BCUT2D eigenvalue weighted by Crippen LogP contribution is -2.30. The fourth-order valence-corrected chi connectivity index (χ4v) is 2.05. The Balaban J connectivity index is 1.97. The highest BCUT2D eigenvalue weighted by Gasteiger charge is 2.08. The van der Waals surface area contributed by atoms with Crippen LogP contribution < -0.4 is 16.0 Å². The molecule has 0 aliphatic heterocycles. The Hall–Kier alpha value is -2.82. The summed E-state index contributed by atoms with van der Waals surface area (Å²) in [4.78, 5) is 23.9. The third-order valence-corrected chi connectivity index (χ3v) is 3.22. The maximum atomic E-state index is 12.0. The molecule has 0 bridgehead atoms. The Kier molecular flexibility index (Phi) is 5.36. The molecular formula is C18H21N3O2. The Bertz CT molecular complexity index is 694. The zero-order valence-electron chi connectivity index (χ0n) is 13.5. The van der Waals surface area contributed by atoms with Gasteiger partial charge >= 0.3 is 6.03 Å². The van der Waals surface area contributed by atoms with Gasteiger partial charge in [-0.3, -0.25) is 4.79 Å². The lowest BCUT2D eigenvalue weighted by molar-refractivity contribution is 0.0943. The summed E-state index contributed by atoms with van der Waals surface area (Å²) in [6.45, 7) is 5.74. The highest BCUT2D eigenvalue weighted by Crippen LogP contribution is 2.14. The van der Waals surface area contributed by atoms with E-state index in [1.165, 1.54) is 0 Å². The number of rotatable bonds is 4. The van der Waals surface area contributed by atoms with Crippen molar-refractivity contribution in [2.75, 3.05) is 10.6 Å². The molecule has 0 fully saturated rings. The van der Waals surface area contributed by atoms with E-state index in [4.69, 9.17) is 0 Å². The van der Waals surface area contributed by atoms with Crippen molar-refractivity contribution in [2.24, 2.45) is 0 Å². The first kappa shape index (κ1) is 16.5. The molecule has 0 spiro atoms. The average Bonchev–Trinajstić information content (AvgIpc) is 2.49. The first-order valence-corrected chi connectivity index (χ1v) is 7.50. The number of urea groups is 1. The van der Waals surface area contributed by atoms with E-state index in [9.17, 15) is 9.59 Å². The Labute approximate surface area is 136 Å². The summed E-state index contributed by atoms with van der Waals surface area (Å²) >= 11 is 0. The van der Waals surface area contributed by atoms with Crippen LogP contribution >= 0.6 is 0 Å². The summed E-state index contributed by atoms with van der Waals surface area (Å²) in [5, 5.41) is 8.36. The van der Waals surface area contributed by atoms with Gasteiger partial charge in [-0.05, 0) is 56.7 Å². The minimum Gasteiger partial charge on any atom is -0.350 e. The lowest BCUT2D eigenvalue weighted by Gasteiger charge is -2.11. The van der Waals surface area contributed by atoms with Crippen molar-refractivity contribution >= 4 is 23.3 Å². The van der Waals surface area contributed by atoms with Crippen LogP contribution in [0.4, 0.5) is 16.2 Å². The Morgan fingerprint density at radius 1 is 0.913 bits per heavy atom. The van der Waals surface area contributed by atoms with Gasteiger partial charge in [0.15, 0.2) is 0 Å². The molecule has 0 radical (unpaired) electrons. The van der Waals surface area contributed by atoms with E-state index in [1.54, 1.807) is 24.3 Å². The highest BCUT2D eigenvalue weighted by molar-refractivity contribution is 6.00. The monoisotopic (exact) mass is 311 g/mol. The van der Waals surface area contributed by atoms with Crippen LogP contribution in [-0.4, -0.2) is 18.0 Å². The Morgan fingerprint density at radius 2 is 1.57 bits per heavy atom. The molecule has 0 unspecified atom stereocenters. The van der Waals surface area contributed by atoms with E-state index in [1.807, 2.05) is 45.0 Å². The van der Waals surface area contributed by atoms with Gasteiger partial charge in [-0.15, -0.1) is 0 Å². The summed E-state index contributed by atoms with van der Waals surface area (Å²) in [5.74, 6) is -0.129. The molecule has 0 atom stereocenters. The molecular weight excluding hydrogens is 290 g/mol. The van der Waals surface area contributed by atoms with Gasteiger partial charge in [0.25, 0.3) is 5.91 Å². The average molecular weight is 311 g/mol. The largest absolute Gasteiger partial charge is 0.350 e. The summed E-state index contributed by atoms with van der Waals surface area (Å²) in [6.07, 6.45) is 0. The molecule has 23 heavy (non-hydrogen) atoms. The van der Waals surface area contributed by atoms with Crippen LogP contribution in [0, 0.1) is 6.92 Å². The number of hydrogen-bond acceptors (Lipinski definition) is 2. The lowest BCUT2D eigenvalue weighted by atomic mass is 10.2. The predicted molar refractivity (Wildman–Crippen MR) is 92.9 cm³/mol. The number of aryl methyl sites for hydroxylation is 1. The molecule has 5 nitrogen and oxygen atoms in total. The van der Waals surface area contributed by atoms with Crippen molar-refractivity contribution in [1.82, 2.24) is 5.32 Å². The van der Waals surface area contributed by atoms with Crippen molar-refractivity contribution in [2.45, 2.75) is 26.8 Å². The van der Waals surface area contributed by atoms with Gasteiger partial charge in [0.1, 0.15) is 0 Å². The molecule has 0 heterocycles. The minimum atomic E-state index is -0.321. The fourth-order valence-electron chi connectivity index (χ4n) is 2.05. The number of nitrogens with one attached hydrogen (secondary N) is 3. The molecule has 0 saturated carbocycles. The highest BCUT2D eigenvalue weighted by atomic mass is 16.2. The van der Waals surface area contributed by atoms with Gasteiger partial charge in [0.2, 0.25) is 0 Å². The van der Waals surface area contributed by atoms with E-state index in [0.29, 0.717) is 11.3 Å². The third-order valence-electron chi connectivity index (χ3n) is 3.22. The number of amides is 3. The zero-order chi connectivity index (χ0) is 16.8. The number of benzene rings is 2. The summed E-state index contributed by atoms with van der Waals surface area (Å²) in [5.41, 5.74) is 2.93. The van der Waals surface area contributed by atoms with Crippen LogP contribution in [-0.2, 0) is 0 Å². The summed E-state index contributed by atoms with van der Waals surface area (Å²) < 4.78 is 0. The van der Waals surface area contributed by atoms with Gasteiger partial charge in [0.05, 0.1) is 0 Å². The fraction of sp³-hybridized carbons (Fsp3) is 0.222. The number of hydrogen-bond donors (Lipinski definition) is 3. The molecule has 0 aliphatic carbocycles. The van der Waals surface area contributed by atoms with Gasteiger partial charge in [-0.25, -0.2) is 4.79 Å². The second kappa shape index (κ2) is 7.45. The van der Waals surface area contributed by atoms with Crippen molar-refractivity contribution in [3.63, 3.8) is 0 Å². The van der Waals surface area contributed by atoms with Crippen molar-refractivity contribution in [3.05, 3.63) is 59.7 Å². The summed E-state index contributed by atoms with van der Waals surface area (Å²) in [6, 6.07) is 14.1. The van der Waals surface area contributed by atoms with Crippen LogP contribution in [0.25, 0.3) is 0 Å². The molecule has 120 valence electrons. The normalized spacial score (nSPS) is 10.3. The molecule has 2 aromatic carbocycles. The molecule has 2 aromatic rings. The maximum absolute atomic E-state index is 12.0. The van der Waals surface area contributed by atoms with Crippen LogP contribution in [0.2, 0.25) is 0 Å². The van der Waals surface area contributed by atoms with Crippen LogP contribution in [0.15, 0.2) is 48.5 Å². The quantitative estimate of drug-likeness (QED) is 0.804. The van der Waals surface area contributed by atoms with Crippen molar-refractivity contribution in [3.8, 4) is 0 Å². The maximum Gasteiger partial charge on any atom is 0.323 e. The molecule has 5 heteroatoms. The molecule has 0 aliphatic rings. The minimum absolute atomic E-state index is 0.0835. The molecule has 2 rings (SSSR count). The number of para-hydroxylation sites is 1. The van der Waals surface area contributed by atoms with Crippen molar-refractivity contribution in [1.29, 1.82) is 0 Å². The Morgan fingerprint density at radius 3 is 2.17 bits per heavy atom. The van der Waals surface area contributed by atoms with Crippen LogP contribution in [0.1, 0.15) is 29.8 Å². The van der Waals surface area contributed by atoms with Gasteiger partial charge in [0, 0.05) is 23.0 Å². The topological polar surface area (TPSA) is 70.2 Å². The second-order valence-electron chi connectivity index (χ2n) is 5.60. The first-order chi connectivity index (χ1) is 11.0. The van der Waals surface area contributed by atoms with Crippen LogP contribution in [0.3, 0.4) is 0 Å². The van der Waals surface area contributed by atoms with E-state index in [0.717, 1.165) is 11.3 Å². The smallest absolute Gasteiger partial charge is 0.323 e. The molecule has 3 amide bonds. The van der Waals surface area contributed by atoms with E-state index < -0.39 is 0 Å². The van der Waals surface area contributed by atoms with Crippen LogP contribution in [0.5, 0.6) is 0 Å². The first-order valence-electron chi connectivity index (χ1n) is 7.50. The number of anilines is 2. The van der Waals surface area contributed by atoms with Gasteiger partial charge in [-0.2, -0.15) is 0 Å². The SMILES string of the molecule is Cc1ccccc1NC(=O)Nc1ccc(C(=O)NC(C)C)cc1. The second-order valence-corrected chi connectivity index (χ2v) is 5.60. The van der Waals surface area contributed by atoms with E-state index >= 15 is 0 Å². The zero-order valence-corrected chi connectivity index (χ0v) is 13.5. The molecule has 0 aromatic heterocycles. The van der Waals surface area contributed by atoms with Crippen molar-refractivity contribution < 1.29 is 9.59 Å². The predicted octanol–water partition coefficient (Wildman–Crippen LogP) is 3.78.